The molecule has 0 aliphatic carbocycles. The van der Waals surface area contributed by atoms with Crippen LogP contribution in [0.5, 0.6) is 0 Å². The number of hydrogen-bond donors (Lipinski definition) is 1. The van der Waals surface area contributed by atoms with Crippen molar-refractivity contribution in [3.63, 3.8) is 0 Å². The van der Waals surface area contributed by atoms with Gasteiger partial charge in [0.25, 0.3) is 0 Å². The van der Waals surface area contributed by atoms with Gasteiger partial charge in [0.15, 0.2) is 0 Å². The van der Waals surface area contributed by atoms with E-state index in [4.69, 9.17) is 18.0 Å². The molecule has 0 atom stereocenters. The van der Waals surface area contributed by atoms with Gasteiger partial charge < -0.3 is 10.6 Å². The summed E-state index contributed by atoms with van der Waals surface area (Å²) >= 11 is 4.98. The summed E-state index contributed by atoms with van der Waals surface area (Å²) in [6.45, 7) is 4.70. The first-order chi connectivity index (χ1) is 9.74. The minimum Gasteiger partial charge on any atom is -0.392 e. The van der Waals surface area contributed by atoms with Crippen LogP contribution in [-0.2, 0) is 0 Å². The Balaban J connectivity index is 1.78. The molecule has 1 saturated heterocycles. The maximum absolute atomic E-state index is 5.61. The SMILES string of the molecule is NC(=S)CN1CCN(c2ccnc3ccccc23)CC1. The molecule has 0 radical (unpaired) electrons. The number of thiocarbonyl (C=S) groups is 1. The fourth-order valence-corrected chi connectivity index (χ4v) is 2.91. The van der Waals surface area contributed by atoms with E-state index in [9.17, 15) is 0 Å². The van der Waals surface area contributed by atoms with Gasteiger partial charge in [0.05, 0.1) is 10.5 Å². The molecule has 1 aliphatic heterocycles. The van der Waals surface area contributed by atoms with Crippen molar-refractivity contribution in [1.82, 2.24) is 9.88 Å². The molecule has 3 rings (SSSR count). The Hall–Kier alpha value is -1.72. The number of nitrogens with zero attached hydrogens (tertiary/aromatic N) is 3. The van der Waals surface area contributed by atoms with Gasteiger partial charge in [-0.1, -0.05) is 30.4 Å². The molecule has 0 saturated carbocycles. The van der Waals surface area contributed by atoms with E-state index in [0.29, 0.717) is 4.99 Å². The summed E-state index contributed by atoms with van der Waals surface area (Å²) in [6, 6.07) is 10.4. The molecule has 2 heterocycles. The van der Waals surface area contributed by atoms with Crippen molar-refractivity contribution in [2.24, 2.45) is 5.73 Å². The standard InChI is InChI=1S/C15H18N4S/c16-15(20)11-18-7-9-19(10-8-18)14-5-6-17-13-4-2-1-3-12(13)14/h1-6H,7-11H2,(H2,16,20). The number of piperazine rings is 1. The van der Waals surface area contributed by atoms with E-state index < -0.39 is 0 Å². The van der Waals surface area contributed by atoms with Crippen LogP contribution in [0.25, 0.3) is 10.9 Å². The smallest absolute Gasteiger partial charge is 0.0870 e. The van der Waals surface area contributed by atoms with Crippen LogP contribution < -0.4 is 10.6 Å². The molecule has 1 aromatic heterocycles. The van der Waals surface area contributed by atoms with E-state index >= 15 is 0 Å². The van der Waals surface area contributed by atoms with Gasteiger partial charge in [-0.05, 0) is 12.1 Å². The Kier molecular flexibility index (Phi) is 3.80. The van der Waals surface area contributed by atoms with Crippen molar-refractivity contribution in [3.8, 4) is 0 Å². The largest absolute Gasteiger partial charge is 0.392 e. The highest BCUT2D eigenvalue weighted by atomic mass is 32.1. The highest BCUT2D eigenvalue weighted by Crippen LogP contribution is 2.25. The fourth-order valence-electron chi connectivity index (χ4n) is 2.72. The number of aromatic nitrogens is 1. The lowest BCUT2D eigenvalue weighted by Crippen LogP contribution is -2.48. The van der Waals surface area contributed by atoms with Crippen molar-refractivity contribution < 1.29 is 0 Å². The maximum Gasteiger partial charge on any atom is 0.0870 e. The summed E-state index contributed by atoms with van der Waals surface area (Å²) in [4.78, 5) is 9.72. The van der Waals surface area contributed by atoms with Crippen LogP contribution in [0.3, 0.4) is 0 Å². The van der Waals surface area contributed by atoms with E-state index in [1.165, 1.54) is 11.1 Å². The van der Waals surface area contributed by atoms with Gasteiger partial charge >= 0.3 is 0 Å². The van der Waals surface area contributed by atoms with Crippen molar-refractivity contribution in [3.05, 3.63) is 36.5 Å². The molecule has 5 heteroatoms. The van der Waals surface area contributed by atoms with Crippen LogP contribution in [0, 0.1) is 0 Å². The molecule has 104 valence electrons. The van der Waals surface area contributed by atoms with Gasteiger partial charge in [-0.15, -0.1) is 0 Å². The minimum absolute atomic E-state index is 0.577. The number of nitrogens with two attached hydrogens (primary N) is 1. The molecule has 4 nitrogen and oxygen atoms in total. The third-order valence-electron chi connectivity index (χ3n) is 3.72. The van der Waals surface area contributed by atoms with Crippen LogP contribution in [0.2, 0.25) is 0 Å². The van der Waals surface area contributed by atoms with Crippen LogP contribution in [-0.4, -0.2) is 47.6 Å². The number of pyridine rings is 1. The third kappa shape index (κ3) is 2.73. The van der Waals surface area contributed by atoms with Crippen LogP contribution in [0.15, 0.2) is 36.5 Å². The van der Waals surface area contributed by atoms with Crippen LogP contribution >= 0.6 is 12.2 Å². The average molecular weight is 286 g/mol. The van der Waals surface area contributed by atoms with Crippen LogP contribution in [0.4, 0.5) is 5.69 Å². The van der Waals surface area contributed by atoms with Gasteiger partial charge in [-0.3, -0.25) is 9.88 Å². The normalized spacial score (nSPS) is 16.5. The lowest BCUT2D eigenvalue weighted by molar-refractivity contribution is 0.292. The lowest BCUT2D eigenvalue weighted by Gasteiger charge is -2.36. The quantitative estimate of drug-likeness (QED) is 0.869. The first kappa shape index (κ1) is 13.3. The van der Waals surface area contributed by atoms with Gasteiger partial charge in [0.2, 0.25) is 0 Å². The summed E-state index contributed by atoms with van der Waals surface area (Å²) in [6.07, 6.45) is 1.89. The second-order valence-electron chi connectivity index (χ2n) is 5.08. The first-order valence-corrected chi connectivity index (χ1v) is 7.24. The van der Waals surface area contributed by atoms with E-state index in [1.807, 2.05) is 12.3 Å². The zero-order chi connectivity index (χ0) is 13.9. The first-order valence-electron chi connectivity index (χ1n) is 6.83. The molecule has 0 bridgehead atoms. The highest BCUT2D eigenvalue weighted by molar-refractivity contribution is 7.80. The highest BCUT2D eigenvalue weighted by Gasteiger charge is 2.18. The topological polar surface area (TPSA) is 45.4 Å². The Bertz CT molecular complexity index is 615. The summed E-state index contributed by atoms with van der Waals surface area (Å²) in [5.74, 6) is 0. The Morgan fingerprint density at radius 1 is 1.15 bits per heavy atom. The van der Waals surface area contributed by atoms with E-state index in [1.54, 1.807) is 0 Å². The second kappa shape index (κ2) is 5.73. The fraction of sp³-hybridized carbons (Fsp3) is 0.333. The molecule has 1 fully saturated rings. The minimum atomic E-state index is 0.577. The Morgan fingerprint density at radius 2 is 1.90 bits per heavy atom. The van der Waals surface area contributed by atoms with Crippen molar-refractivity contribution >= 4 is 33.8 Å². The predicted molar refractivity (Wildman–Crippen MR) is 87.2 cm³/mol. The predicted octanol–water partition coefficient (Wildman–Crippen LogP) is 1.64. The molecule has 2 aromatic rings. The van der Waals surface area contributed by atoms with Crippen molar-refractivity contribution in [2.75, 3.05) is 37.6 Å². The Morgan fingerprint density at radius 3 is 2.65 bits per heavy atom. The average Bonchev–Trinajstić information content (AvgIpc) is 2.47. The van der Waals surface area contributed by atoms with Gasteiger partial charge in [0.1, 0.15) is 0 Å². The zero-order valence-electron chi connectivity index (χ0n) is 11.3. The Labute approximate surface area is 124 Å². The number of rotatable bonds is 3. The lowest BCUT2D eigenvalue weighted by atomic mass is 10.1. The van der Waals surface area contributed by atoms with E-state index in [-0.39, 0.29) is 0 Å². The number of anilines is 1. The van der Waals surface area contributed by atoms with E-state index in [0.717, 1.165) is 38.2 Å². The van der Waals surface area contributed by atoms with Crippen molar-refractivity contribution in [1.29, 1.82) is 0 Å². The summed E-state index contributed by atoms with van der Waals surface area (Å²) in [5.41, 5.74) is 7.93. The molecule has 0 spiro atoms. The summed E-state index contributed by atoms with van der Waals surface area (Å²) < 4.78 is 0. The van der Waals surface area contributed by atoms with Crippen molar-refractivity contribution in [2.45, 2.75) is 0 Å². The monoisotopic (exact) mass is 286 g/mol. The molecule has 1 aromatic carbocycles. The number of fused-ring (bicyclic) bond motifs is 1. The molecule has 1 aliphatic rings. The van der Waals surface area contributed by atoms with Gasteiger partial charge in [-0.25, -0.2) is 0 Å². The van der Waals surface area contributed by atoms with E-state index in [2.05, 4.69) is 39.0 Å². The third-order valence-corrected chi connectivity index (χ3v) is 3.85. The number of hydrogen-bond acceptors (Lipinski definition) is 4. The van der Waals surface area contributed by atoms with Gasteiger partial charge in [-0.2, -0.15) is 0 Å². The van der Waals surface area contributed by atoms with Gasteiger partial charge in [0, 0.05) is 50.0 Å². The summed E-state index contributed by atoms with van der Waals surface area (Å²) in [7, 11) is 0. The maximum atomic E-state index is 5.61. The second-order valence-corrected chi connectivity index (χ2v) is 5.60. The molecular weight excluding hydrogens is 268 g/mol. The zero-order valence-corrected chi connectivity index (χ0v) is 12.1. The molecule has 0 unspecified atom stereocenters. The molecule has 0 amide bonds. The molecular formula is C15H18N4S. The number of benzene rings is 1. The molecule has 2 N–H and O–H groups in total. The summed E-state index contributed by atoms with van der Waals surface area (Å²) in [5, 5.41) is 1.22. The number of para-hydroxylation sites is 1. The molecule has 20 heavy (non-hydrogen) atoms. The van der Waals surface area contributed by atoms with Crippen LogP contribution in [0.1, 0.15) is 0 Å².